The number of nitrogens with zero attached hydrogens (tertiary/aromatic N) is 1. The Morgan fingerprint density at radius 2 is 1.96 bits per heavy atom. The number of hydrogen-bond donors (Lipinski definition) is 1. The first-order chi connectivity index (χ1) is 12.5. The zero-order chi connectivity index (χ0) is 18.9. The van der Waals surface area contributed by atoms with Crippen LogP contribution >= 0.6 is 0 Å². The fraction of sp³-hybridized carbons (Fsp3) is 0.500. The molecule has 1 aromatic carbocycles. The molecule has 0 aliphatic carbocycles. The smallest absolute Gasteiger partial charge is 0.328 e. The van der Waals surface area contributed by atoms with Gasteiger partial charge in [0.1, 0.15) is 12.1 Å². The fourth-order valence-electron chi connectivity index (χ4n) is 2.70. The minimum absolute atomic E-state index is 0.00625. The number of carbonyl (C=O) groups excluding carboxylic acids is 3. The molecule has 0 bridgehead atoms. The molecule has 2 atom stereocenters. The van der Waals surface area contributed by atoms with E-state index in [2.05, 4.69) is 10.1 Å². The zero-order valence-corrected chi connectivity index (χ0v) is 15.0. The number of methoxy groups -OCH3 is 2. The van der Waals surface area contributed by atoms with Gasteiger partial charge in [-0.15, -0.1) is 0 Å². The maximum Gasteiger partial charge on any atom is 0.328 e. The molecule has 1 saturated heterocycles. The predicted molar refractivity (Wildman–Crippen MR) is 92.3 cm³/mol. The number of hydrogen-bond acceptors (Lipinski definition) is 6. The van der Waals surface area contributed by atoms with Crippen molar-refractivity contribution in [2.45, 2.75) is 25.0 Å². The summed E-state index contributed by atoms with van der Waals surface area (Å²) in [5.41, 5.74) is 0.986. The molecule has 2 rings (SSSR count). The van der Waals surface area contributed by atoms with E-state index >= 15 is 0 Å². The molecule has 0 radical (unpaired) electrons. The molecule has 0 aromatic heterocycles. The van der Waals surface area contributed by atoms with E-state index in [1.807, 2.05) is 30.3 Å². The van der Waals surface area contributed by atoms with Crippen molar-refractivity contribution >= 4 is 18.0 Å². The number of urea groups is 1. The Kier molecular flexibility index (Phi) is 7.40. The molecule has 1 unspecified atom stereocenters. The molecule has 26 heavy (non-hydrogen) atoms. The topological polar surface area (TPSA) is 94.2 Å². The lowest BCUT2D eigenvalue weighted by molar-refractivity contribution is -0.144. The molecular formula is C18H24N2O6. The first-order valence-corrected chi connectivity index (χ1v) is 8.41. The third-order valence-electron chi connectivity index (χ3n) is 4.17. The minimum atomic E-state index is -0.912. The number of amides is 2. The molecule has 1 aliphatic heterocycles. The van der Waals surface area contributed by atoms with Gasteiger partial charge in [-0.2, -0.15) is 0 Å². The number of carbonyl (C=O) groups is 3. The second kappa shape index (κ2) is 9.76. The van der Waals surface area contributed by atoms with E-state index in [-0.39, 0.29) is 18.9 Å². The van der Waals surface area contributed by atoms with Gasteiger partial charge in [-0.05, 0) is 12.0 Å². The van der Waals surface area contributed by atoms with Gasteiger partial charge < -0.3 is 24.4 Å². The van der Waals surface area contributed by atoms with E-state index in [4.69, 9.17) is 9.47 Å². The highest BCUT2D eigenvalue weighted by Crippen LogP contribution is 2.22. The van der Waals surface area contributed by atoms with Gasteiger partial charge in [-0.25, -0.2) is 9.59 Å². The molecule has 2 amide bonds. The second-order valence-corrected chi connectivity index (χ2v) is 5.86. The number of morpholine rings is 1. The molecule has 0 saturated carbocycles. The maximum absolute atomic E-state index is 12.6. The van der Waals surface area contributed by atoms with Crippen LogP contribution < -0.4 is 5.32 Å². The lowest BCUT2D eigenvalue weighted by Gasteiger charge is -2.34. The number of benzene rings is 1. The summed E-state index contributed by atoms with van der Waals surface area (Å²) in [5.74, 6) is -1.06. The van der Waals surface area contributed by atoms with Crippen LogP contribution in [0, 0.1) is 0 Å². The van der Waals surface area contributed by atoms with Crippen LogP contribution in [0.15, 0.2) is 30.3 Å². The van der Waals surface area contributed by atoms with Crippen molar-refractivity contribution in [2.24, 2.45) is 0 Å². The molecular weight excluding hydrogens is 340 g/mol. The van der Waals surface area contributed by atoms with Crippen molar-refractivity contribution in [3.05, 3.63) is 35.9 Å². The van der Waals surface area contributed by atoms with E-state index < -0.39 is 24.0 Å². The monoisotopic (exact) mass is 364 g/mol. The third-order valence-corrected chi connectivity index (χ3v) is 4.17. The Morgan fingerprint density at radius 3 is 2.62 bits per heavy atom. The quantitative estimate of drug-likeness (QED) is 0.764. The van der Waals surface area contributed by atoms with Crippen LogP contribution in [0.4, 0.5) is 4.79 Å². The van der Waals surface area contributed by atoms with Crippen LogP contribution in [0.5, 0.6) is 0 Å². The van der Waals surface area contributed by atoms with Crippen molar-refractivity contribution in [3.63, 3.8) is 0 Å². The number of ether oxygens (including phenoxy) is 3. The summed E-state index contributed by atoms with van der Waals surface area (Å²) in [5, 5.41) is 2.64. The van der Waals surface area contributed by atoms with Crippen LogP contribution in [0.3, 0.4) is 0 Å². The predicted octanol–water partition coefficient (Wildman–Crippen LogP) is 1.26. The molecule has 8 nitrogen and oxygen atoms in total. The molecule has 1 aliphatic rings. The van der Waals surface area contributed by atoms with Gasteiger partial charge in [0.25, 0.3) is 0 Å². The van der Waals surface area contributed by atoms with E-state index in [0.29, 0.717) is 19.7 Å². The van der Waals surface area contributed by atoms with Crippen LogP contribution in [0.1, 0.15) is 24.5 Å². The highest BCUT2D eigenvalue weighted by Gasteiger charge is 2.29. The highest BCUT2D eigenvalue weighted by molar-refractivity contribution is 5.84. The Labute approximate surface area is 152 Å². The highest BCUT2D eigenvalue weighted by atomic mass is 16.5. The van der Waals surface area contributed by atoms with Gasteiger partial charge in [0.05, 0.1) is 27.4 Å². The van der Waals surface area contributed by atoms with E-state index in [0.717, 1.165) is 5.56 Å². The molecule has 1 aromatic rings. The van der Waals surface area contributed by atoms with Crippen LogP contribution in [-0.2, 0) is 23.8 Å². The number of esters is 2. The Morgan fingerprint density at radius 1 is 1.23 bits per heavy atom. The summed E-state index contributed by atoms with van der Waals surface area (Å²) in [7, 11) is 2.51. The van der Waals surface area contributed by atoms with Crippen molar-refractivity contribution < 1.29 is 28.6 Å². The van der Waals surface area contributed by atoms with Crippen molar-refractivity contribution in [2.75, 3.05) is 33.9 Å². The largest absolute Gasteiger partial charge is 0.469 e. The van der Waals surface area contributed by atoms with E-state index in [1.54, 1.807) is 4.90 Å². The minimum Gasteiger partial charge on any atom is -0.469 e. The molecule has 1 heterocycles. The lowest BCUT2D eigenvalue weighted by atomic mass is 10.1. The maximum atomic E-state index is 12.6. The van der Waals surface area contributed by atoms with Gasteiger partial charge in [0.2, 0.25) is 0 Å². The third kappa shape index (κ3) is 5.45. The first-order valence-electron chi connectivity index (χ1n) is 8.41. The van der Waals surface area contributed by atoms with Gasteiger partial charge in [-0.1, -0.05) is 30.3 Å². The molecule has 0 spiro atoms. The Hall–Kier alpha value is -2.61. The average molecular weight is 364 g/mol. The first kappa shape index (κ1) is 19.7. The van der Waals surface area contributed by atoms with Gasteiger partial charge in [-0.3, -0.25) is 4.79 Å². The number of rotatable bonds is 6. The summed E-state index contributed by atoms with van der Waals surface area (Å²) >= 11 is 0. The molecule has 1 N–H and O–H groups in total. The van der Waals surface area contributed by atoms with E-state index in [9.17, 15) is 14.4 Å². The van der Waals surface area contributed by atoms with Crippen molar-refractivity contribution in [1.82, 2.24) is 10.2 Å². The van der Waals surface area contributed by atoms with Gasteiger partial charge in [0, 0.05) is 13.0 Å². The average Bonchev–Trinajstić information content (AvgIpc) is 2.70. The Balaban J connectivity index is 1.96. The van der Waals surface area contributed by atoms with Crippen molar-refractivity contribution in [3.8, 4) is 0 Å². The Bertz CT molecular complexity index is 621. The summed E-state index contributed by atoms with van der Waals surface area (Å²) in [6.45, 7) is 1.19. The van der Waals surface area contributed by atoms with Gasteiger partial charge in [0.15, 0.2) is 0 Å². The molecule has 1 fully saturated rings. The normalized spacial score (nSPS) is 17.9. The number of nitrogens with one attached hydrogen (secondary N) is 1. The summed E-state index contributed by atoms with van der Waals surface area (Å²) in [6, 6.07) is 8.33. The fourth-order valence-corrected chi connectivity index (χ4v) is 2.70. The summed E-state index contributed by atoms with van der Waals surface area (Å²) < 4.78 is 15.0. The lowest BCUT2D eigenvalue weighted by Crippen LogP contribution is -2.52. The van der Waals surface area contributed by atoms with Crippen molar-refractivity contribution in [1.29, 1.82) is 0 Å². The van der Waals surface area contributed by atoms with Crippen LogP contribution in [0.2, 0.25) is 0 Å². The standard InChI is InChI=1S/C18H24N2O6/c1-24-16(21)9-8-14(17(22)25-2)19-18(23)20-10-11-26-15(12-20)13-6-4-3-5-7-13/h3-7,14-15H,8-12H2,1-2H3,(H,19,23)/t14-,15?/m0/s1. The summed E-state index contributed by atoms with van der Waals surface area (Å²) in [4.78, 5) is 37.3. The second-order valence-electron chi connectivity index (χ2n) is 5.86. The molecule has 142 valence electrons. The van der Waals surface area contributed by atoms with Crippen LogP contribution in [-0.4, -0.2) is 62.8 Å². The molecule has 8 heteroatoms. The SMILES string of the molecule is COC(=O)CC[C@H](NC(=O)N1CCOC(c2ccccc2)C1)C(=O)OC. The summed E-state index contributed by atoms with van der Waals surface area (Å²) in [6.07, 6.45) is -0.105. The zero-order valence-electron chi connectivity index (χ0n) is 15.0. The van der Waals surface area contributed by atoms with E-state index in [1.165, 1.54) is 14.2 Å². The van der Waals surface area contributed by atoms with Gasteiger partial charge >= 0.3 is 18.0 Å². The van der Waals surface area contributed by atoms with Crippen LogP contribution in [0.25, 0.3) is 0 Å².